The van der Waals surface area contributed by atoms with Gasteiger partial charge in [-0.15, -0.1) is 0 Å². The molecule has 2 nitrogen and oxygen atoms in total. The van der Waals surface area contributed by atoms with Crippen LogP contribution in [0, 0.1) is 0 Å². The van der Waals surface area contributed by atoms with Gasteiger partial charge in [-0.3, -0.25) is 0 Å². The number of rotatable bonds is 8. The van der Waals surface area contributed by atoms with Gasteiger partial charge in [-0.25, -0.2) is 0 Å². The molecule has 0 bridgehead atoms. The van der Waals surface area contributed by atoms with E-state index in [2.05, 4.69) is 54.2 Å². The summed E-state index contributed by atoms with van der Waals surface area (Å²) in [5, 5.41) is 7.81. The van der Waals surface area contributed by atoms with E-state index in [1.807, 2.05) is 6.07 Å². The summed E-state index contributed by atoms with van der Waals surface area (Å²) in [6.07, 6.45) is 2.11. The SMILES string of the molecule is CCCNC(C)c1ccccc1OCCc1ccsc1. The molecule has 0 amide bonds. The van der Waals surface area contributed by atoms with Crippen LogP contribution in [0.5, 0.6) is 5.75 Å². The summed E-state index contributed by atoms with van der Waals surface area (Å²) in [5.74, 6) is 0.999. The second kappa shape index (κ2) is 8.08. The molecule has 1 aromatic carbocycles. The molecule has 0 saturated carbocycles. The average Bonchev–Trinajstić information content (AvgIpc) is 2.98. The van der Waals surface area contributed by atoms with Crippen molar-refractivity contribution in [2.45, 2.75) is 32.7 Å². The Hall–Kier alpha value is -1.32. The van der Waals surface area contributed by atoms with Crippen molar-refractivity contribution in [1.29, 1.82) is 0 Å². The van der Waals surface area contributed by atoms with E-state index in [0.29, 0.717) is 6.04 Å². The molecule has 0 aliphatic heterocycles. The minimum Gasteiger partial charge on any atom is -0.493 e. The van der Waals surface area contributed by atoms with Gasteiger partial charge in [0, 0.05) is 18.0 Å². The normalized spacial score (nSPS) is 12.3. The lowest BCUT2D eigenvalue weighted by Gasteiger charge is -2.18. The van der Waals surface area contributed by atoms with Crippen LogP contribution in [-0.2, 0) is 6.42 Å². The summed E-state index contributed by atoms with van der Waals surface area (Å²) in [5.41, 5.74) is 2.59. The predicted molar refractivity (Wildman–Crippen MR) is 86.7 cm³/mol. The first kappa shape index (κ1) is 15.1. The second-order valence-corrected chi connectivity index (χ2v) is 5.72. The molecule has 2 rings (SSSR count). The van der Waals surface area contributed by atoms with Gasteiger partial charge in [0.1, 0.15) is 5.75 Å². The van der Waals surface area contributed by atoms with Gasteiger partial charge in [0.15, 0.2) is 0 Å². The van der Waals surface area contributed by atoms with Gasteiger partial charge in [0.2, 0.25) is 0 Å². The first-order valence-corrected chi connectivity index (χ1v) is 8.21. The number of ether oxygens (including phenoxy) is 1. The third kappa shape index (κ3) is 4.36. The van der Waals surface area contributed by atoms with Crippen molar-refractivity contribution in [3.8, 4) is 5.75 Å². The third-order valence-electron chi connectivity index (χ3n) is 3.31. The highest BCUT2D eigenvalue weighted by atomic mass is 32.1. The van der Waals surface area contributed by atoms with Gasteiger partial charge in [-0.05, 0) is 48.3 Å². The summed E-state index contributed by atoms with van der Waals surface area (Å²) in [4.78, 5) is 0. The van der Waals surface area contributed by atoms with E-state index in [0.717, 1.165) is 31.7 Å². The van der Waals surface area contributed by atoms with Crippen molar-refractivity contribution in [1.82, 2.24) is 5.32 Å². The maximum Gasteiger partial charge on any atom is 0.124 e. The van der Waals surface area contributed by atoms with Crippen molar-refractivity contribution in [2.24, 2.45) is 0 Å². The predicted octanol–water partition coefficient (Wildman–Crippen LogP) is 4.43. The fraction of sp³-hybridized carbons (Fsp3) is 0.412. The smallest absolute Gasteiger partial charge is 0.124 e. The third-order valence-corrected chi connectivity index (χ3v) is 4.05. The van der Waals surface area contributed by atoms with Crippen molar-refractivity contribution < 1.29 is 4.74 Å². The molecular weight excluding hydrogens is 266 g/mol. The molecule has 2 aromatic rings. The van der Waals surface area contributed by atoms with Crippen LogP contribution < -0.4 is 10.1 Å². The van der Waals surface area contributed by atoms with Crippen LogP contribution in [0.3, 0.4) is 0 Å². The van der Waals surface area contributed by atoms with E-state index in [-0.39, 0.29) is 0 Å². The van der Waals surface area contributed by atoms with Crippen LogP contribution in [0.25, 0.3) is 0 Å². The molecule has 0 spiro atoms. The van der Waals surface area contributed by atoms with Crippen LogP contribution >= 0.6 is 11.3 Å². The second-order valence-electron chi connectivity index (χ2n) is 4.94. The van der Waals surface area contributed by atoms with E-state index < -0.39 is 0 Å². The van der Waals surface area contributed by atoms with Crippen LogP contribution in [0.1, 0.15) is 37.4 Å². The van der Waals surface area contributed by atoms with Gasteiger partial charge in [-0.2, -0.15) is 11.3 Å². The molecule has 0 saturated heterocycles. The van der Waals surface area contributed by atoms with Crippen LogP contribution in [0.15, 0.2) is 41.1 Å². The summed E-state index contributed by atoms with van der Waals surface area (Å²) in [7, 11) is 0. The Kier molecular flexibility index (Phi) is 6.09. The number of hydrogen-bond acceptors (Lipinski definition) is 3. The summed E-state index contributed by atoms with van der Waals surface area (Å²) in [6.45, 7) is 6.14. The number of hydrogen-bond donors (Lipinski definition) is 1. The zero-order valence-electron chi connectivity index (χ0n) is 12.3. The molecule has 0 fully saturated rings. The lowest BCUT2D eigenvalue weighted by Crippen LogP contribution is -2.20. The van der Waals surface area contributed by atoms with Crippen molar-refractivity contribution >= 4 is 11.3 Å². The fourth-order valence-corrected chi connectivity index (χ4v) is 2.86. The number of para-hydroxylation sites is 1. The van der Waals surface area contributed by atoms with Crippen LogP contribution in [-0.4, -0.2) is 13.2 Å². The molecule has 3 heteroatoms. The molecule has 1 unspecified atom stereocenters. The number of thiophene rings is 1. The molecule has 0 aliphatic rings. The number of benzene rings is 1. The Morgan fingerprint density at radius 2 is 2.10 bits per heavy atom. The molecule has 1 heterocycles. The maximum absolute atomic E-state index is 5.98. The van der Waals surface area contributed by atoms with E-state index in [4.69, 9.17) is 4.74 Å². The molecule has 0 radical (unpaired) electrons. The zero-order valence-corrected chi connectivity index (χ0v) is 13.1. The molecule has 0 aliphatic carbocycles. The Balaban J connectivity index is 1.93. The Morgan fingerprint density at radius 3 is 2.85 bits per heavy atom. The van der Waals surface area contributed by atoms with Gasteiger partial charge >= 0.3 is 0 Å². The van der Waals surface area contributed by atoms with E-state index in [9.17, 15) is 0 Å². The molecule has 1 atom stereocenters. The lowest BCUT2D eigenvalue weighted by atomic mass is 10.1. The fourth-order valence-electron chi connectivity index (χ4n) is 2.15. The van der Waals surface area contributed by atoms with Crippen molar-refractivity contribution in [3.63, 3.8) is 0 Å². The monoisotopic (exact) mass is 289 g/mol. The average molecular weight is 289 g/mol. The van der Waals surface area contributed by atoms with Gasteiger partial charge in [-0.1, -0.05) is 25.1 Å². The first-order valence-electron chi connectivity index (χ1n) is 7.27. The zero-order chi connectivity index (χ0) is 14.2. The highest BCUT2D eigenvalue weighted by Crippen LogP contribution is 2.25. The minimum atomic E-state index is 0.326. The Labute approximate surface area is 125 Å². The Morgan fingerprint density at radius 1 is 1.25 bits per heavy atom. The highest BCUT2D eigenvalue weighted by Gasteiger charge is 2.10. The van der Waals surface area contributed by atoms with E-state index >= 15 is 0 Å². The topological polar surface area (TPSA) is 21.3 Å². The largest absolute Gasteiger partial charge is 0.493 e. The molecule has 1 aromatic heterocycles. The summed E-state index contributed by atoms with van der Waals surface area (Å²) >= 11 is 1.74. The molecular formula is C17H23NOS. The maximum atomic E-state index is 5.98. The van der Waals surface area contributed by atoms with Gasteiger partial charge < -0.3 is 10.1 Å². The van der Waals surface area contributed by atoms with Gasteiger partial charge in [0.25, 0.3) is 0 Å². The molecule has 1 N–H and O–H groups in total. The van der Waals surface area contributed by atoms with E-state index in [1.54, 1.807) is 11.3 Å². The summed E-state index contributed by atoms with van der Waals surface area (Å²) in [6, 6.07) is 10.8. The quantitative estimate of drug-likeness (QED) is 0.776. The van der Waals surface area contributed by atoms with Crippen LogP contribution in [0.2, 0.25) is 0 Å². The number of nitrogens with one attached hydrogen (secondary N) is 1. The van der Waals surface area contributed by atoms with Crippen molar-refractivity contribution in [3.05, 3.63) is 52.2 Å². The van der Waals surface area contributed by atoms with Crippen molar-refractivity contribution in [2.75, 3.05) is 13.2 Å². The highest BCUT2D eigenvalue weighted by molar-refractivity contribution is 7.07. The van der Waals surface area contributed by atoms with E-state index in [1.165, 1.54) is 11.1 Å². The summed E-state index contributed by atoms with van der Waals surface area (Å²) < 4.78 is 5.98. The van der Waals surface area contributed by atoms with Crippen LogP contribution in [0.4, 0.5) is 0 Å². The first-order chi connectivity index (χ1) is 9.81. The molecule has 20 heavy (non-hydrogen) atoms. The minimum absolute atomic E-state index is 0.326. The van der Waals surface area contributed by atoms with Gasteiger partial charge in [0.05, 0.1) is 6.61 Å². The Bertz CT molecular complexity index is 495. The standard InChI is InChI=1S/C17H23NOS/c1-3-10-18-14(2)16-6-4-5-7-17(16)19-11-8-15-9-12-20-13-15/h4-7,9,12-14,18H,3,8,10-11H2,1-2H3. The molecule has 108 valence electrons. The lowest BCUT2D eigenvalue weighted by molar-refractivity contribution is 0.315.